The molecule has 0 unspecified atom stereocenters. The SMILES string of the molecule is CC(=O)N(C)c1ccc(C=CB2OC(C)(C)C(C)(C)O2)cc1. The number of carbonyl (C=O) groups is 1. The van der Waals surface area contributed by atoms with E-state index >= 15 is 0 Å². The lowest BCUT2D eigenvalue weighted by Crippen LogP contribution is -2.41. The highest BCUT2D eigenvalue weighted by molar-refractivity contribution is 6.52. The zero-order valence-electron chi connectivity index (χ0n) is 14.2. The van der Waals surface area contributed by atoms with Crippen molar-refractivity contribution >= 4 is 24.8 Å². The Kier molecular flexibility index (Phi) is 4.50. The first-order valence-electron chi connectivity index (χ1n) is 7.50. The lowest BCUT2D eigenvalue weighted by molar-refractivity contribution is -0.116. The van der Waals surface area contributed by atoms with Crippen molar-refractivity contribution in [2.45, 2.75) is 45.8 Å². The fourth-order valence-electron chi connectivity index (χ4n) is 2.15. The van der Waals surface area contributed by atoms with E-state index in [0.717, 1.165) is 11.3 Å². The number of rotatable bonds is 3. The van der Waals surface area contributed by atoms with Crippen molar-refractivity contribution in [2.24, 2.45) is 0 Å². The third kappa shape index (κ3) is 3.42. The average molecular weight is 301 g/mol. The number of nitrogens with zero attached hydrogens (tertiary/aromatic N) is 1. The van der Waals surface area contributed by atoms with Crippen molar-refractivity contribution in [3.8, 4) is 0 Å². The summed E-state index contributed by atoms with van der Waals surface area (Å²) >= 11 is 0. The maximum atomic E-state index is 11.3. The summed E-state index contributed by atoms with van der Waals surface area (Å²) in [6, 6.07) is 7.78. The van der Waals surface area contributed by atoms with Crippen LogP contribution in [0.25, 0.3) is 6.08 Å². The highest BCUT2D eigenvalue weighted by Crippen LogP contribution is 2.37. The van der Waals surface area contributed by atoms with Crippen LogP contribution in [0.15, 0.2) is 30.2 Å². The monoisotopic (exact) mass is 301 g/mol. The van der Waals surface area contributed by atoms with Crippen LogP contribution in [0.2, 0.25) is 0 Å². The topological polar surface area (TPSA) is 38.8 Å². The van der Waals surface area contributed by atoms with Gasteiger partial charge in [-0.15, -0.1) is 0 Å². The molecule has 0 N–H and O–H groups in total. The zero-order chi connectivity index (χ0) is 16.5. The maximum Gasteiger partial charge on any atom is 0.487 e. The molecule has 0 radical (unpaired) electrons. The van der Waals surface area contributed by atoms with Gasteiger partial charge in [-0.3, -0.25) is 4.79 Å². The Labute approximate surface area is 133 Å². The van der Waals surface area contributed by atoms with E-state index in [0.29, 0.717) is 0 Å². The minimum atomic E-state index is -0.343. The van der Waals surface area contributed by atoms with Crippen LogP contribution in [0.4, 0.5) is 5.69 Å². The molecule has 1 amide bonds. The number of benzene rings is 1. The molecule has 1 aliphatic heterocycles. The number of carbonyl (C=O) groups excluding carboxylic acids is 1. The molecule has 4 nitrogen and oxygen atoms in total. The van der Waals surface area contributed by atoms with Crippen LogP contribution >= 0.6 is 0 Å². The fourth-order valence-corrected chi connectivity index (χ4v) is 2.15. The number of hydrogen-bond donors (Lipinski definition) is 0. The number of hydrogen-bond acceptors (Lipinski definition) is 3. The Morgan fingerprint density at radius 1 is 1.09 bits per heavy atom. The fraction of sp³-hybridized carbons (Fsp3) is 0.471. The van der Waals surface area contributed by atoms with Crippen molar-refractivity contribution in [2.75, 3.05) is 11.9 Å². The summed E-state index contributed by atoms with van der Waals surface area (Å²) in [6.07, 6.45) is 1.97. The minimum absolute atomic E-state index is 0.0144. The normalized spacial score (nSPS) is 19.6. The average Bonchev–Trinajstić information content (AvgIpc) is 2.64. The molecule has 0 spiro atoms. The highest BCUT2D eigenvalue weighted by atomic mass is 16.7. The molecule has 22 heavy (non-hydrogen) atoms. The molecule has 1 aliphatic rings. The molecule has 118 valence electrons. The van der Waals surface area contributed by atoms with Gasteiger partial charge in [0, 0.05) is 19.7 Å². The first kappa shape index (κ1) is 16.8. The molecule has 0 bridgehead atoms. The summed E-state index contributed by atoms with van der Waals surface area (Å²) in [4.78, 5) is 12.9. The van der Waals surface area contributed by atoms with E-state index in [1.54, 1.807) is 18.9 Å². The Balaban J connectivity index is 2.04. The van der Waals surface area contributed by atoms with Gasteiger partial charge in [-0.25, -0.2) is 0 Å². The molecule has 0 saturated carbocycles. The predicted octanol–water partition coefficient (Wildman–Crippen LogP) is 3.31. The van der Waals surface area contributed by atoms with Gasteiger partial charge in [-0.2, -0.15) is 0 Å². The second-order valence-electron chi connectivity index (χ2n) is 6.65. The second kappa shape index (κ2) is 5.90. The smallest absolute Gasteiger partial charge is 0.400 e. The number of amides is 1. The minimum Gasteiger partial charge on any atom is -0.400 e. The molecule has 1 heterocycles. The molecule has 1 fully saturated rings. The molecule has 5 heteroatoms. The molecule has 0 atom stereocenters. The van der Waals surface area contributed by atoms with Gasteiger partial charge in [0.25, 0.3) is 0 Å². The molecular formula is C17H24BNO3. The summed E-state index contributed by atoms with van der Waals surface area (Å²) in [5.74, 6) is 1.93. The van der Waals surface area contributed by atoms with Crippen LogP contribution in [-0.4, -0.2) is 31.3 Å². The maximum absolute atomic E-state index is 11.3. The highest BCUT2D eigenvalue weighted by Gasteiger charge is 2.49. The van der Waals surface area contributed by atoms with E-state index in [-0.39, 0.29) is 24.2 Å². The van der Waals surface area contributed by atoms with Crippen LogP contribution in [-0.2, 0) is 14.1 Å². The van der Waals surface area contributed by atoms with E-state index < -0.39 is 0 Å². The summed E-state index contributed by atoms with van der Waals surface area (Å²) in [7, 11) is 1.42. The van der Waals surface area contributed by atoms with Gasteiger partial charge in [0.1, 0.15) is 0 Å². The van der Waals surface area contributed by atoms with Crippen LogP contribution < -0.4 is 4.90 Å². The molecule has 1 aromatic rings. The van der Waals surface area contributed by atoms with E-state index in [4.69, 9.17) is 9.31 Å². The van der Waals surface area contributed by atoms with E-state index in [9.17, 15) is 4.79 Å². The standard InChI is InChI=1S/C17H24BNO3/c1-13(20)19(6)15-9-7-14(8-10-15)11-12-18-21-16(2,3)17(4,5)22-18/h7-12H,1-6H3. The third-order valence-electron chi connectivity index (χ3n) is 4.47. The van der Waals surface area contributed by atoms with Crippen LogP contribution in [0.1, 0.15) is 40.2 Å². The lowest BCUT2D eigenvalue weighted by atomic mass is 9.89. The van der Waals surface area contributed by atoms with Crippen molar-refractivity contribution in [1.29, 1.82) is 0 Å². The molecule has 0 aliphatic carbocycles. The summed E-state index contributed by atoms with van der Waals surface area (Å²) in [6.45, 7) is 9.69. The summed E-state index contributed by atoms with van der Waals surface area (Å²) < 4.78 is 11.8. The van der Waals surface area contributed by atoms with Crippen molar-refractivity contribution in [3.63, 3.8) is 0 Å². The molecule has 1 saturated heterocycles. The van der Waals surface area contributed by atoms with Gasteiger partial charge in [-0.1, -0.05) is 24.2 Å². The van der Waals surface area contributed by atoms with Gasteiger partial charge in [-0.05, 0) is 45.4 Å². The second-order valence-corrected chi connectivity index (χ2v) is 6.65. The molecule has 1 aromatic carbocycles. The first-order valence-corrected chi connectivity index (χ1v) is 7.50. The Morgan fingerprint density at radius 3 is 2.05 bits per heavy atom. The molecule has 0 aromatic heterocycles. The van der Waals surface area contributed by atoms with Crippen LogP contribution in [0.3, 0.4) is 0 Å². The van der Waals surface area contributed by atoms with Crippen molar-refractivity contribution < 1.29 is 14.1 Å². The van der Waals surface area contributed by atoms with Gasteiger partial charge in [0.15, 0.2) is 0 Å². The first-order chi connectivity index (χ1) is 10.1. The zero-order valence-corrected chi connectivity index (χ0v) is 14.2. The largest absolute Gasteiger partial charge is 0.487 e. The Bertz CT molecular complexity index is 562. The van der Waals surface area contributed by atoms with Gasteiger partial charge >= 0.3 is 7.12 Å². The molecule has 2 rings (SSSR count). The van der Waals surface area contributed by atoms with Gasteiger partial charge in [0.05, 0.1) is 11.2 Å². The van der Waals surface area contributed by atoms with Crippen LogP contribution in [0.5, 0.6) is 0 Å². The van der Waals surface area contributed by atoms with Gasteiger partial charge in [0.2, 0.25) is 5.91 Å². The van der Waals surface area contributed by atoms with Crippen molar-refractivity contribution in [3.05, 3.63) is 35.8 Å². The summed E-state index contributed by atoms with van der Waals surface area (Å²) in [5, 5.41) is 0. The van der Waals surface area contributed by atoms with E-state index in [1.165, 1.54) is 0 Å². The third-order valence-corrected chi connectivity index (χ3v) is 4.47. The number of anilines is 1. The molecular weight excluding hydrogens is 277 g/mol. The van der Waals surface area contributed by atoms with Crippen LogP contribution in [0, 0.1) is 0 Å². The quantitative estimate of drug-likeness (QED) is 0.804. The van der Waals surface area contributed by atoms with E-state index in [1.807, 2.05) is 64.0 Å². The van der Waals surface area contributed by atoms with E-state index in [2.05, 4.69) is 0 Å². The predicted molar refractivity (Wildman–Crippen MR) is 90.6 cm³/mol. The van der Waals surface area contributed by atoms with Crippen molar-refractivity contribution in [1.82, 2.24) is 0 Å². The Hall–Kier alpha value is -1.59. The van der Waals surface area contributed by atoms with Gasteiger partial charge < -0.3 is 14.2 Å². The Morgan fingerprint density at radius 2 is 1.59 bits per heavy atom. The summed E-state index contributed by atoms with van der Waals surface area (Å²) in [5.41, 5.74) is 1.27. The lowest BCUT2D eigenvalue weighted by Gasteiger charge is -2.32.